The van der Waals surface area contributed by atoms with Crippen molar-refractivity contribution in [2.24, 2.45) is 0 Å². The van der Waals surface area contributed by atoms with Crippen LogP contribution in [0.4, 0.5) is 0 Å². The molecule has 1 fully saturated rings. The average Bonchev–Trinajstić information content (AvgIpc) is 2.94. The molecular formula is C14H19N3. The van der Waals surface area contributed by atoms with Gasteiger partial charge in [0.15, 0.2) is 0 Å². The maximum Gasteiger partial charge on any atom is 0.114 e. The van der Waals surface area contributed by atoms with E-state index in [1.807, 2.05) is 6.20 Å². The van der Waals surface area contributed by atoms with Gasteiger partial charge in [0, 0.05) is 19.2 Å². The van der Waals surface area contributed by atoms with Gasteiger partial charge in [0.2, 0.25) is 0 Å². The molecule has 17 heavy (non-hydrogen) atoms. The highest BCUT2D eigenvalue weighted by Gasteiger charge is 2.12. The molecule has 3 nitrogen and oxygen atoms in total. The molecule has 2 aromatic rings. The summed E-state index contributed by atoms with van der Waals surface area (Å²) in [4.78, 5) is 7.07. The highest BCUT2D eigenvalue weighted by molar-refractivity contribution is 5.46. The van der Waals surface area contributed by atoms with Gasteiger partial charge in [0.05, 0.1) is 11.7 Å². The van der Waals surface area contributed by atoms with Crippen LogP contribution in [0.5, 0.6) is 0 Å². The number of nitrogens with zero attached hydrogens (tertiary/aromatic N) is 3. The number of hydrogen-bond acceptors (Lipinski definition) is 2. The fourth-order valence-electron chi connectivity index (χ4n) is 2.60. The minimum Gasteiger partial charge on any atom is -0.303 e. The van der Waals surface area contributed by atoms with Gasteiger partial charge in [0.25, 0.3) is 0 Å². The number of fused-ring (bicyclic) bond motifs is 1. The van der Waals surface area contributed by atoms with Gasteiger partial charge in [-0.05, 0) is 44.5 Å². The third-order valence-corrected chi connectivity index (χ3v) is 3.60. The van der Waals surface area contributed by atoms with Crippen molar-refractivity contribution in [2.45, 2.75) is 26.2 Å². The van der Waals surface area contributed by atoms with Gasteiger partial charge in [-0.15, -0.1) is 0 Å². The first-order valence-corrected chi connectivity index (χ1v) is 6.48. The molecule has 90 valence electrons. The lowest BCUT2D eigenvalue weighted by atomic mass is 10.3. The van der Waals surface area contributed by atoms with Crippen LogP contribution in [0.15, 0.2) is 24.5 Å². The molecule has 1 saturated heterocycles. The lowest BCUT2D eigenvalue weighted by Crippen LogP contribution is -2.22. The molecule has 0 saturated carbocycles. The smallest absolute Gasteiger partial charge is 0.114 e. The summed E-state index contributed by atoms with van der Waals surface area (Å²) in [7, 11) is 0. The van der Waals surface area contributed by atoms with E-state index in [0.29, 0.717) is 0 Å². The van der Waals surface area contributed by atoms with Crippen LogP contribution in [0.2, 0.25) is 0 Å². The standard InChI is InChI=1S/C14H19N3/c1-12-4-5-13-10-15-14(17(13)11-12)6-9-16-7-2-3-8-16/h4-5,10-11H,2-3,6-9H2,1H3. The third-order valence-electron chi connectivity index (χ3n) is 3.60. The average molecular weight is 229 g/mol. The van der Waals surface area contributed by atoms with Crippen molar-refractivity contribution in [3.05, 3.63) is 35.9 Å². The van der Waals surface area contributed by atoms with Gasteiger partial charge < -0.3 is 9.30 Å². The molecule has 0 unspecified atom stereocenters. The van der Waals surface area contributed by atoms with Gasteiger partial charge in [-0.25, -0.2) is 4.98 Å². The third kappa shape index (κ3) is 2.20. The zero-order chi connectivity index (χ0) is 11.7. The maximum atomic E-state index is 4.53. The van der Waals surface area contributed by atoms with E-state index in [4.69, 9.17) is 0 Å². The summed E-state index contributed by atoms with van der Waals surface area (Å²) in [6, 6.07) is 4.28. The van der Waals surface area contributed by atoms with Crippen molar-refractivity contribution in [2.75, 3.05) is 19.6 Å². The fraction of sp³-hybridized carbons (Fsp3) is 0.500. The Labute approximate surface area is 102 Å². The number of likely N-dealkylation sites (tertiary alicyclic amines) is 1. The molecule has 0 N–H and O–H groups in total. The number of pyridine rings is 1. The van der Waals surface area contributed by atoms with Crippen LogP contribution >= 0.6 is 0 Å². The quantitative estimate of drug-likeness (QED) is 0.805. The van der Waals surface area contributed by atoms with E-state index in [1.165, 1.54) is 42.8 Å². The first-order chi connectivity index (χ1) is 8.33. The van der Waals surface area contributed by atoms with Crippen LogP contribution < -0.4 is 0 Å². The highest BCUT2D eigenvalue weighted by atomic mass is 15.1. The van der Waals surface area contributed by atoms with Crippen molar-refractivity contribution < 1.29 is 0 Å². The highest BCUT2D eigenvalue weighted by Crippen LogP contribution is 2.12. The zero-order valence-corrected chi connectivity index (χ0v) is 10.4. The van der Waals surface area contributed by atoms with Gasteiger partial charge in [0.1, 0.15) is 5.82 Å². The second-order valence-corrected chi connectivity index (χ2v) is 4.97. The first kappa shape index (κ1) is 10.8. The molecule has 0 amide bonds. The van der Waals surface area contributed by atoms with E-state index < -0.39 is 0 Å². The summed E-state index contributed by atoms with van der Waals surface area (Å²) < 4.78 is 2.23. The number of rotatable bonds is 3. The van der Waals surface area contributed by atoms with Gasteiger partial charge in [-0.3, -0.25) is 0 Å². The first-order valence-electron chi connectivity index (χ1n) is 6.48. The second kappa shape index (κ2) is 4.49. The molecule has 0 atom stereocenters. The molecule has 0 aliphatic carbocycles. The van der Waals surface area contributed by atoms with E-state index >= 15 is 0 Å². The van der Waals surface area contributed by atoms with Gasteiger partial charge >= 0.3 is 0 Å². The predicted molar refractivity (Wildman–Crippen MR) is 69.3 cm³/mol. The van der Waals surface area contributed by atoms with Crippen molar-refractivity contribution in [1.29, 1.82) is 0 Å². The molecule has 0 spiro atoms. The predicted octanol–water partition coefficient (Wildman–Crippen LogP) is 2.28. The minimum atomic E-state index is 1.05. The topological polar surface area (TPSA) is 20.5 Å². The van der Waals surface area contributed by atoms with Crippen LogP contribution in [0, 0.1) is 6.92 Å². The van der Waals surface area contributed by atoms with Crippen molar-refractivity contribution in [3.8, 4) is 0 Å². The zero-order valence-electron chi connectivity index (χ0n) is 10.4. The molecule has 0 radical (unpaired) electrons. The summed E-state index contributed by atoms with van der Waals surface area (Å²) in [5, 5.41) is 0. The van der Waals surface area contributed by atoms with E-state index in [9.17, 15) is 0 Å². The van der Waals surface area contributed by atoms with Crippen molar-refractivity contribution in [1.82, 2.24) is 14.3 Å². The molecule has 0 bridgehead atoms. The normalized spacial score (nSPS) is 17.0. The Bertz CT molecular complexity index is 509. The Morgan fingerprint density at radius 2 is 2.06 bits per heavy atom. The van der Waals surface area contributed by atoms with Crippen molar-refractivity contribution >= 4 is 5.52 Å². The number of hydrogen-bond donors (Lipinski definition) is 0. The van der Waals surface area contributed by atoms with Crippen LogP contribution in [-0.4, -0.2) is 33.9 Å². The van der Waals surface area contributed by atoms with Crippen LogP contribution in [0.1, 0.15) is 24.2 Å². The van der Waals surface area contributed by atoms with Crippen molar-refractivity contribution in [3.63, 3.8) is 0 Å². The van der Waals surface area contributed by atoms with Gasteiger partial charge in [-0.1, -0.05) is 6.07 Å². The van der Waals surface area contributed by atoms with E-state index in [-0.39, 0.29) is 0 Å². The SMILES string of the molecule is Cc1ccc2cnc(CCN3CCCC3)n2c1. The molecule has 1 aliphatic rings. The largest absolute Gasteiger partial charge is 0.303 e. The number of imidazole rings is 1. The summed E-state index contributed by atoms with van der Waals surface area (Å²) >= 11 is 0. The van der Waals surface area contributed by atoms with E-state index in [2.05, 4.69) is 39.5 Å². The lowest BCUT2D eigenvalue weighted by molar-refractivity contribution is 0.340. The Balaban J connectivity index is 1.77. The molecule has 3 heteroatoms. The monoisotopic (exact) mass is 229 g/mol. The van der Waals surface area contributed by atoms with E-state index in [1.54, 1.807) is 0 Å². The summed E-state index contributed by atoms with van der Waals surface area (Å²) in [6.45, 7) is 5.81. The summed E-state index contributed by atoms with van der Waals surface area (Å²) in [5.41, 5.74) is 2.49. The minimum absolute atomic E-state index is 1.05. The molecule has 3 heterocycles. The molecular weight excluding hydrogens is 210 g/mol. The van der Waals surface area contributed by atoms with Crippen LogP contribution in [-0.2, 0) is 6.42 Å². The Morgan fingerprint density at radius 1 is 1.24 bits per heavy atom. The maximum absolute atomic E-state index is 4.53. The molecule has 2 aromatic heterocycles. The second-order valence-electron chi connectivity index (χ2n) is 4.97. The molecule has 0 aromatic carbocycles. The summed E-state index contributed by atoms with van der Waals surface area (Å²) in [5.74, 6) is 1.19. The van der Waals surface area contributed by atoms with Crippen LogP contribution in [0.25, 0.3) is 5.52 Å². The Hall–Kier alpha value is -1.35. The Kier molecular flexibility index (Phi) is 2.85. The lowest BCUT2D eigenvalue weighted by Gasteiger charge is -2.13. The molecule has 1 aliphatic heterocycles. The van der Waals surface area contributed by atoms with Crippen LogP contribution in [0.3, 0.4) is 0 Å². The number of aromatic nitrogens is 2. The molecule has 3 rings (SSSR count). The Morgan fingerprint density at radius 3 is 2.88 bits per heavy atom. The summed E-state index contributed by atoms with van der Waals surface area (Å²) in [6.07, 6.45) is 7.93. The number of aryl methyl sites for hydroxylation is 1. The van der Waals surface area contributed by atoms with Gasteiger partial charge in [-0.2, -0.15) is 0 Å². The van der Waals surface area contributed by atoms with E-state index in [0.717, 1.165) is 13.0 Å². The fourth-order valence-corrected chi connectivity index (χ4v) is 2.60.